The SMILES string of the molecule is Cc1cc(C(=O)NC2CCN(c3nccn3C)CC2)nn1-c1ccccc1. The fraction of sp³-hybridized carbons (Fsp3) is 0.350. The van der Waals surface area contributed by atoms with Gasteiger partial charge in [-0.3, -0.25) is 4.79 Å². The minimum absolute atomic E-state index is 0.108. The second-order valence-corrected chi connectivity index (χ2v) is 6.99. The van der Waals surface area contributed by atoms with Gasteiger partial charge in [0.25, 0.3) is 5.91 Å². The largest absolute Gasteiger partial charge is 0.348 e. The number of imidazole rings is 1. The smallest absolute Gasteiger partial charge is 0.272 e. The molecule has 7 nitrogen and oxygen atoms in total. The maximum Gasteiger partial charge on any atom is 0.272 e. The van der Waals surface area contributed by atoms with Crippen molar-refractivity contribution in [2.75, 3.05) is 18.0 Å². The van der Waals surface area contributed by atoms with Crippen molar-refractivity contribution >= 4 is 11.9 Å². The second kappa shape index (κ2) is 7.26. The molecule has 0 bridgehead atoms. The summed E-state index contributed by atoms with van der Waals surface area (Å²) in [5, 5.41) is 7.63. The zero-order valence-corrected chi connectivity index (χ0v) is 15.7. The molecule has 140 valence electrons. The van der Waals surface area contributed by atoms with Gasteiger partial charge in [0, 0.05) is 44.3 Å². The van der Waals surface area contributed by atoms with Crippen molar-refractivity contribution < 1.29 is 4.79 Å². The number of hydrogen-bond acceptors (Lipinski definition) is 4. The van der Waals surface area contributed by atoms with Crippen LogP contribution in [0, 0.1) is 6.92 Å². The molecule has 1 saturated heterocycles. The highest BCUT2D eigenvalue weighted by atomic mass is 16.2. The predicted molar refractivity (Wildman–Crippen MR) is 104 cm³/mol. The number of nitrogens with one attached hydrogen (secondary N) is 1. The number of amides is 1. The van der Waals surface area contributed by atoms with E-state index in [1.807, 2.05) is 67.3 Å². The van der Waals surface area contributed by atoms with Crippen LogP contribution in [0.25, 0.3) is 5.69 Å². The fourth-order valence-corrected chi connectivity index (χ4v) is 3.56. The second-order valence-electron chi connectivity index (χ2n) is 6.99. The van der Waals surface area contributed by atoms with Crippen LogP contribution in [0.3, 0.4) is 0 Å². The molecule has 27 heavy (non-hydrogen) atoms. The zero-order valence-electron chi connectivity index (χ0n) is 15.7. The number of carbonyl (C=O) groups excluding carboxylic acids is 1. The number of benzene rings is 1. The Morgan fingerprint density at radius 2 is 1.93 bits per heavy atom. The van der Waals surface area contributed by atoms with Gasteiger partial charge in [-0.1, -0.05) is 18.2 Å². The maximum atomic E-state index is 12.7. The Labute approximate surface area is 158 Å². The van der Waals surface area contributed by atoms with E-state index in [0.717, 1.165) is 43.3 Å². The first-order valence-corrected chi connectivity index (χ1v) is 9.27. The van der Waals surface area contributed by atoms with E-state index in [1.165, 1.54) is 0 Å². The number of carbonyl (C=O) groups is 1. The molecule has 1 amide bonds. The molecule has 3 aromatic rings. The van der Waals surface area contributed by atoms with Crippen molar-refractivity contribution in [2.45, 2.75) is 25.8 Å². The van der Waals surface area contributed by atoms with E-state index in [2.05, 4.69) is 20.3 Å². The molecule has 0 radical (unpaired) electrons. The van der Waals surface area contributed by atoms with Gasteiger partial charge < -0.3 is 14.8 Å². The van der Waals surface area contributed by atoms with Crippen LogP contribution in [-0.2, 0) is 7.05 Å². The number of piperidine rings is 1. The van der Waals surface area contributed by atoms with E-state index >= 15 is 0 Å². The number of aryl methyl sites for hydroxylation is 2. The molecular formula is C20H24N6O. The van der Waals surface area contributed by atoms with Gasteiger partial charge in [0.05, 0.1) is 5.69 Å². The summed E-state index contributed by atoms with van der Waals surface area (Å²) >= 11 is 0. The third-order valence-corrected chi connectivity index (χ3v) is 5.03. The molecule has 2 aromatic heterocycles. The molecule has 4 rings (SSSR count). The number of aromatic nitrogens is 4. The minimum Gasteiger partial charge on any atom is -0.348 e. The van der Waals surface area contributed by atoms with Crippen LogP contribution in [0.2, 0.25) is 0 Å². The van der Waals surface area contributed by atoms with E-state index in [9.17, 15) is 4.79 Å². The average molecular weight is 364 g/mol. The highest BCUT2D eigenvalue weighted by Gasteiger charge is 2.24. The highest BCUT2D eigenvalue weighted by molar-refractivity contribution is 5.92. The first kappa shape index (κ1) is 17.3. The fourth-order valence-electron chi connectivity index (χ4n) is 3.56. The van der Waals surface area contributed by atoms with Crippen LogP contribution in [0.5, 0.6) is 0 Å². The summed E-state index contributed by atoms with van der Waals surface area (Å²) in [4.78, 5) is 19.3. The van der Waals surface area contributed by atoms with Crippen LogP contribution < -0.4 is 10.2 Å². The van der Waals surface area contributed by atoms with Crippen molar-refractivity contribution in [1.82, 2.24) is 24.6 Å². The standard InChI is InChI=1S/C20H24N6O/c1-15-14-18(23-26(15)17-6-4-3-5-7-17)19(27)22-16-8-11-25(12-9-16)20-21-10-13-24(20)2/h3-7,10,13-14,16H,8-9,11-12H2,1-2H3,(H,22,27). The van der Waals surface area contributed by atoms with Gasteiger partial charge in [0.2, 0.25) is 5.95 Å². The van der Waals surface area contributed by atoms with E-state index in [4.69, 9.17) is 0 Å². The van der Waals surface area contributed by atoms with Crippen LogP contribution in [0.15, 0.2) is 48.8 Å². The van der Waals surface area contributed by atoms with Crippen molar-refractivity contribution in [2.24, 2.45) is 7.05 Å². The molecule has 1 aliphatic rings. The molecule has 0 atom stereocenters. The van der Waals surface area contributed by atoms with Crippen molar-refractivity contribution in [3.8, 4) is 5.69 Å². The Balaban J connectivity index is 1.38. The lowest BCUT2D eigenvalue weighted by Gasteiger charge is -2.32. The van der Waals surface area contributed by atoms with Gasteiger partial charge in [-0.25, -0.2) is 9.67 Å². The summed E-state index contributed by atoms with van der Waals surface area (Å²) in [6, 6.07) is 11.9. The zero-order chi connectivity index (χ0) is 18.8. The molecule has 0 aliphatic carbocycles. The Kier molecular flexibility index (Phi) is 4.66. The van der Waals surface area contributed by atoms with E-state index in [1.54, 1.807) is 4.68 Å². The topological polar surface area (TPSA) is 68.0 Å². The van der Waals surface area contributed by atoms with E-state index < -0.39 is 0 Å². The van der Waals surface area contributed by atoms with Crippen molar-refractivity contribution in [3.63, 3.8) is 0 Å². The number of rotatable bonds is 4. The molecule has 1 fully saturated rings. The van der Waals surface area contributed by atoms with Crippen LogP contribution in [0.1, 0.15) is 29.0 Å². The van der Waals surface area contributed by atoms with Crippen LogP contribution in [-0.4, -0.2) is 44.4 Å². The van der Waals surface area contributed by atoms with Gasteiger partial charge in [-0.05, 0) is 38.0 Å². The Morgan fingerprint density at radius 1 is 1.19 bits per heavy atom. The van der Waals surface area contributed by atoms with Gasteiger partial charge in [0.15, 0.2) is 5.69 Å². The number of anilines is 1. The van der Waals surface area contributed by atoms with Crippen molar-refractivity contribution in [3.05, 3.63) is 60.2 Å². The molecular weight excluding hydrogens is 340 g/mol. The molecule has 1 aromatic carbocycles. The third kappa shape index (κ3) is 3.58. The van der Waals surface area contributed by atoms with Gasteiger partial charge in [-0.2, -0.15) is 5.10 Å². The molecule has 0 unspecified atom stereocenters. The average Bonchev–Trinajstić information content (AvgIpc) is 3.29. The summed E-state index contributed by atoms with van der Waals surface area (Å²) in [7, 11) is 2.00. The minimum atomic E-state index is -0.108. The monoisotopic (exact) mass is 364 g/mol. The summed E-state index contributed by atoms with van der Waals surface area (Å²) in [5.41, 5.74) is 2.36. The third-order valence-electron chi connectivity index (χ3n) is 5.03. The molecule has 0 spiro atoms. The lowest BCUT2D eigenvalue weighted by molar-refractivity contribution is 0.0925. The molecule has 1 aliphatic heterocycles. The molecule has 7 heteroatoms. The highest BCUT2D eigenvalue weighted by Crippen LogP contribution is 2.18. The Morgan fingerprint density at radius 3 is 2.59 bits per heavy atom. The number of para-hydroxylation sites is 1. The van der Waals surface area contributed by atoms with E-state index in [-0.39, 0.29) is 11.9 Å². The quantitative estimate of drug-likeness (QED) is 0.771. The number of hydrogen-bond donors (Lipinski definition) is 1. The van der Waals surface area contributed by atoms with Crippen LogP contribution in [0.4, 0.5) is 5.95 Å². The molecule has 1 N–H and O–H groups in total. The summed E-state index contributed by atoms with van der Waals surface area (Å²) in [5.74, 6) is 0.875. The Hall–Kier alpha value is -3.09. The lowest BCUT2D eigenvalue weighted by Crippen LogP contribution is -2.45. The summed E-state index contributed by atoms with van der Waals surface area (Å²) in [6.07, 6.45) is 5.57. The van der Waals surface area contributed by atoms with Gasteiger partial charge in [-0.15, -0.1) is 0 Å². The Bertz CT molecular complexity index is 921. The number of nitrogens with zero attached hydrogens (tertiary/aromatic N) is 5. The van der Waals surface area contributed by atoms with Crippen molar-refractivity contribution in [1.29, 1.82) is 0 Å². The van der Waals surface area contributed by atoms with E-state index in [0.29, 0.717) is 5.69 Å². The first-order valence-electron chi connectivity index (χ1n) is 9.27. The predicted octanol–water partition coefficient (Wildman–Crippen LogP) is 2.31. The van der Waals surface area contributed by atoms with Gasteiger partial charge in [0.1, 0.15) is 0 Å². The summed E-state index contributed by atoms with van der Waals surface area (Å²) < 4.78 is 3.83. The van der Waals surface area contributed by atoms with Gasteiger partial charge >= 0.3 is 0 Å². The normalized spacial score (nSPS) is 15.1. The van der Waals surface area contributed by atoms with Crippen LogP contribution >= 0.6 is 0 Å². The lowest BCUT2D eigenvalue weighted by atomic mass is 10.1. The summed E-state index contributed by atoms with van der Waals surface area (Å²) in [6.45, 7) is 3.72. The maximum absolute atomic E-state index is 12.7. The molecule has 3 heterocycles. The molecule has 0 saturated carbocycles. The first-order chi connectivity index (χ1) is 13.1.